The van der Waals surface area contributed by atoms with Crippen molar-refractivity contribution in [2.24, 2.45) is 0 Å². The fraction of sp³-hybridized carbons (Fsp3) is 0.389. The van der Waals surface area contributed by atoms with Crippen molar-refractivity contribution >= 4 is 11.8 Å². The van der Waals surface area contributed by atoms with Gasteiger partial charge in [-0.05, 0) is 5.56 Å². The highest BCUT2D eigenvalue weighted by atomic mass is 16.2. The summed E-state index contributed by atoms with van der Waals surface area (Å²) in [6, 6.07) is 9.45. The number of H-pyrrole nitrogens is 1. The Morgan fingerprint density at radius 1 is 1.20 bits per heavy atom. The third-order valence-electron chi connectivity index (χ3n) is 4.88. The standard InChI is InChI=1S/C18H21N5O2/c24-16-10-15(12-4-2-1-3-5-12)23(9-8-20-16)18(25)17-13-11-19-7-6-14(13)21-22-17/h1-5,15,19H,6-11H2,(H,20,24)(H,21,22). The quantitative estimate of drug-likeness (QED) is 0.753. The first kappa shape index (κ1) is 15.8. The van der Waals surface area contributed by atoms with Gasteiger partial charge >= 0.3 is 0 Å². The first-order chi connectivity index (χ1) is 12.2. The van der Waals surface area contributed by atoms with Gasteiger partial charge in [0.1, 0.15) is 0 Å². The third kappa shape index (κ3) is 3.02. The summed E-state index contributed by atoms with van der Waals surface area (Å²) in [4.78, 5) is 27.1. The second kappa shape index (κ2) is 6.68. The minimum Gasteiger partial charge on any atom is -0.354 e. The first-order valence-electron chi connectivity index (χ1n) is 8.63. The Morgan fingerprint density at radius 2 is 2.04 bits per heavy atom. The van der Waals surface area contributed by atoms with Crippen LogP contribution in [0.1, 0.15) is 39.8 Å². The number of nitrogens with zero attached hydrogens (tertiary/aromatic N) is 2. The van der Waals surface area contributed by atoms with Crippen LogP contribution in [0.4, 0.5) is 0 Å². The van der Waals surface area contributed by atoms with E-state index in [2.05, 4.69) is 20.8 Å². The smallest absolute Gasteiger partial charge is 0.275 e. The maximum atomic E-state index is 13.3. The van der Waals surface area contributed by atoms with Crippen LogP contribution in [0.5, 0.6) is 0 Å². The maximum absolute atomic E-state index is 13.3. The molecule has 2 aromatic rings. The van der Waals surface area contributed by atoms with Gasteiger partial charge in [0, 0.05) is 43.9 Å². The van der Waals surface area contributed by atoms with Crippen LogP contribution in [0.15, 0.2) is 30.3 Å². The fourth-order valence-electron chi connectivity index (χ4n) is 3.58. The number of rotatable bonds is 2. The van der Waals surface area contributed by atoms with Crippen molar-refractivity contribution in [2.45, 2.75) is 25.4 Å². The van der Waals surface area contributed by atoms with E-state index in [1.807, 2.05) is 30.3 Å². The van der Waals surface area contributed by atoms with Gasteiger partial charge in [0.2, 0.25) is 5.91 Å². The van der Waals surface area contributed by atoms with Gasteiger partial charge < -0.3 is 15.5 Å². The lowest BCUT2D eigenvalue weighted by atomic mass is 10.0. The summed E-state index contributed by atoms with van der Waals surface area (Å²) in [6.07, 6.45) is 1.11. The second-order valence-electron chi connectivity index (χ2n) is 6.44. The summed E-state index contributed by atoms with van der Waals surface area (Å²) in [5.41, 5.74) is 3.42. The van der Waals surface area contributed by atoms with Gasteiger partial charge in [-0.25, -0.2) is 0 Å². The molecular weight excluding hydrogens is 318 g/mol. The van der Waals surface area contributed by atoms with Crippen LogP contribution in [0.2, 0.25) is 0 Å². The zero-order valence-corrected chi connectivity index (χ0v) is 13.9. The molecular formula is C18H21N5O2. The third-order valence-corrected chi connectivity index (χ3v) is 4.88. The Hall–Kier alpha value is -2.67. The summed E-state index contributed by atoms with van der Waals surface area (Å²) in [5.74, 6) is -0.151. The van der Waals surface area contributed by atoms with Gasteiger partial charge in [-0.15, -0.1) is 0 Å². The van der Waals surface area contributed by atoms with E-state index in [0.29, 0.717) is 25.3 Å². The number of hydrogen-bond acceptors (Lipinski definition) is 4. The molecule has 0 spiro atoms. The molecule has 0 aliphatic carbocycles. The molecule has 2 amide bonds. The highest BCUT2D eigenvalue weighted by Crippen LogP contribution is 2.28. The molecule has 2 aliphatic heterocycles. The van der Waals surface area contributed by atoms with Crippen molar-refractivity contribution in [3.05, 3.63) is 52.8 Å². The fourth-order valence-corrected chi connectivity index (χ4v) is 3.58. The normalized spacial score (nSPS) is 20.6. The molecule has 1 atom stereocenters. The number of fused-ring (bicyclic) bond motifs is 1. The van der Waals surface area contributed by atoms with Crippen LogP contribution in [-0.2, 0) is 17.8 Å². The van der Waals surface area contributed by atoms with E-state index in [9.17, 15) is 9.59 Å². The van der Waals surface area contributed by atoms with E-state index in [1.54, 1.807) is 4.90 Å². The van der Waals surface area contributed by atoms with Gasteiger partial charge in [-0.2, -0.15) is 5.10 Å². The van der Waals surface area contributed by atoms with E-state index >= 15 is 0 Å². The summed E-state index contributed by atoms with van der Waals surface area (Å²) < 4.78 is 0. The summed E-state index contributed by atoms with van der Waals surface area (Å²) in [6.45, 7) is 2.46. The van der Waals surface area contributed by atoms with E-state index in [4.69, 9.17) is 0 Å². The number of amides is 2. The molecule has 0 bridgehead atoms. The highest BCUT2D eigenvalue weighted by Gasteiger charge is 2.33. The van der Waals surface area contributed by atoms with E-state index < -0.39 is 0 Å². The molecule has 1 unspecified atom stereocenters. The summed E-state index contributed by atoms with van der Waals surface area (Å²) in [7, 11) is 0. The van der Waals surface area contributed by atoms with E-state index in [1.165, 1.54) is 0 Å². The average molecular weight is 339 g/mol. The molecule has 25 heavy (non-hydrogen) atoms. The topological polar surface area (TPSA) is 90.1 Å². The van der Waals surface area contributed by atoms with Crippen LogP contribution in [0.25, 0.3) is 0 Å². The van der Waals surface area contributed by atoms with Crippen LogP contribution >= 0.6 is 0 Å². The van der Waals surface area contributed by atoms with Gasteiger partial charge in [-0.1, -0.05) is 30.3 Å². The molecule has 2 aliphatic rings. The van der Waals surface area contributed by atoms with Crippen LogP contribution in [0.3, 0.4) is 0 Å². The van der Waals surface area contributed by atoms with Gasteiger partial charge in [0.15, 0.2) is 5.69 Å². The first-order valence-corrected chi connectivity index (χ1v) is 8.63. The molecule has 7 heteroatoms. The average Bonchev–Trinajstić information content (AvgIpc) is 2.98. The van der Waals surface area contributed by atoms with Crippen molar-refractivity contribution in [3.63, 3.8) is 0 Å². The molecule has 1 aromatic carbocycles. The zero-order chi connectivity index (χ0) is 17.2. The SMILES string of the molecule is O=C1CC(c2ccccc2)N(C(=O)c2n[nH]c3c2CNCC3)CCN1. The Labute approximate surface area is 145 Å². The number of aromatic nitrogens is 2. The highest BCUT2D eigenvalue weighted by molar-refractivity contribution is 5.95. The molecule has 0 radical (unpaired) electrons. The van der Waals surface area contributed by atoms with Crippen molar-refractivity contribution in [1.82, 2.24) is 25.7 Å². The molecule has 1 fully saturated rings. The summed E-state index contributed by atoms with van der Waals surface area (Å²) >= 11 is 0. The molecule has 130 valence electrons. The number of hydrogen-bond donors (Lipinski definition) is 3. The zero-order valence-electron chi connectivity index (χ0n) is 13.9. The van der Waals surface area contributed by atoms with Crippen molar-refractivity contribution in [2.75, 3.05) is 19.6 Å². The molecule has 3 N–H and O–H groups in total. The van der Waals surface area contributed by atoms with Gasteiger partial charge in [0.25, 0.3) is 5.91 Å². The largest absolute Gasteiger partial charge is 0.354 e. The lowest BCUT2D eigenvalue weighted by Crippen LogP contribution is -2.37. The number of carbonyl (C=O) groups is 2. The molecule has 3 heterocycles. The Bertz CT molecular complexity index is 786. The lowest BCUT2D eigenvalue weighted by molar-refractivity contribution is -0.121. The number of carbonyl (C=O) groups excluding carboxylic acids is 2. The predicted octanol–water partition coefficient (Wildman–Crippen LogP) is 0.759. The monoisotopic (exact) mass is 339 g/mol. The number of aromatic amines is 1. The molecule has 1 aromatic heterocycles. The maximum Gasteiger partial charge on any atom is 0.275 e. The van der Waals surface area contributed by atoms with E-state index in [-0.39, 0.29) is 24.3 Å². The molecule has 4 rings (SSSR count). The Kier molecular flexibility index (Phi) is 4.23. The molecule has 7 nitrogen and oxygen atoms in total. The number of nitrogens with one attached hydrogen (secondary N) is 3. The lowest BCUT2D eigenvalue weighted by Gasteiger charge is -2.29. The van der Waals surface area contributed by atoms with Crippen molar-refractivity contribution in [1.29, 1.82) is 0 Å². The number of benzene rings is 1. The van der Waals surface area contributed by atoms with Crippen molar-refractivity contribution < 1.29 is 9.59 Å². The Morgan fingerprint density at radius 3 is 2.88 bits per heavy atom. The van der Waals surface area contributed by atoms with Crippen molar-refractivity contribution in [3.8, 4) is 0 Å². The van der Waals surface area contributed by atoms with Gasteiger partial charge in [0.05, 0.1) is 12.5 Å². The summed E-state index contributed by atoms with van der Waals surface area (Å²) in [5, 5.41) is 13.4. The van der Waals surface area contributed by atoms with Crippen LogP contribution in [-0.4, -0.2) is 46.5 Å². The minimum absolute atomic E-state index is 0.0325. The second-order valence-corrected chi connectivity index (χ2v) is 6.44. The van der Waals surface area contributed by atoms with Gasteiger partial charge in [-0.3, -0.25) is 14.7 Å². The predicted molar refractivity (Wildman–Crippen MR) is 91.8 cm³/mol. The minimum atomic E-state index is -0.278. The molecule has 0 saturated carbocycles. The Balaban J connectivity index is 1.69. The van der Waals surface area contributed by atoms with E-state index in [0.717, 1.165) is 29.8 Å². The molecule has 1 saturated heterocycles. The van der Waals surface area contributed by atoms with Crippen LogP contribution in [0, 0.1) is 0 Å². The van der Waals surface area contributed by atoms with Crippen LogP contribution < -0.4 is 10.6 Å².